The van der Waals surface area contributed by atoms with Crippen LogP contribution in [-0.2, 0) is 6.61 Å². The second-order valence-electron chi connectivity index (χ2n) is 2.89. The van der Waals surface area contributed by atoms with Gasteiger partial charge >= 0.3 is 0 Å². The van der Waals surface area contributed by atoms with Crippen molar-refractivity contribution < 1.29 is 9.50 Å². The number of imidazole rings is 1. The van der Waals surface area contributed by atoms with Crippen molar-refractivity contribution in [2.45, 2.75) is 6.61 Å². The van der Waals surface area contributed by atoms with E-state index in [0.29, 0.717) is 11.4 Å². The summed E-state index contributed by atoms with van der Waals surface area (Å²) in [5.41, 5.74) is 2.08. The molecule has 0 spiro atoms. The van der Waals surface area contributed by atoms with Gasteiger partial charge in [0.2, 0.25) is 0 Å². The van der Waals surface area contributed by atoms with Crippen molar-refractivity contribution in [3.05, 3.63) is 42.1 Å². The highest BCUT2D eigenvalue weighted by Gasteiger charge is 2.06. The zero-order chi connectivity index (χ0) is 9.97. The SMILES string of the molecule is OCc1[nH]cnc1-c1ccc(F)cc1. The molecule has 2 aromatic rings. The fourth-order valence-corrected chi connectivity index (χ4v) is 1.30. The second kappa shape index (κ2) is 3.59. The van der Waals surface area contributed by atoms with Crippen molar-refractivity contribution in [1.82, 2.24) is 9.97 Å². The normalized spacial score (nSPS) is 10.4. The highest BCUT2D eigenvalue weighted by atomic mass is 19.1. The predicted octanol–water partition coefficient (Wildman–Crippen LogP) is 1.71. The maximum atomic E-state index is 12.6. The van der Waals surface area contributed by atoms with Gasteiger partial charge in [-0.1, -0.05) is 0 Å². The molecule has 0 aliphatic rings. The molecule has 0 radical (unpaired) electrons. The van der Waals surface area contributed by atoms with Gasteiger partial charge in [-0.05, 0) is 24.3 Å². The number of nitrogens with one attached hydrogen (secondary N) is 1. The average Bonchev–Trinajstić information content (AvgIpc) is 2.67. The number of aliphatic hydroxyl groups is 1. The van der Waals surface area contributed by atoms with Gasteiger partial charge in [-0.3, -0.25) is 0 Å². The first-order valence-electron chi connectivity index (χ1n) is 4.20. The van der Waals surface area contributed by atoms with Gasteiger partial charge in [0, 0.05) is 5.56 Å². The monoisotopic (exact) mass is 192 g/mol. The zero-order valence-corrected chi connectivity index (χ0v) is 7.37. The molecule has 3 nitrogen and oxygen atoms in total. The summed E-state index contributed by atoms with van der Waals surface area (Å²) in [6, 6.07) is 5.99. The number of aliphatic hydroxyl groups excluding tert-OH is 1. The summed E-state index contributed by atoms with van der Waals surface area (Å²) < 4.78 is 12.6. The van der Waals surface area contributed by atoms with E-state index in [9.17, 15) is 4.39 Å². The molecule has 0 fully saturated rings. The Kier molecular flexibility index (Phi) is 2.28. The van der Waals surface area contributed by atoms with Crippen LogP contribution in [0.25, 0.3) is 11.3 Å². The predicted molar refractivity (Wildman–Crippen MR) is 49.9 cm³/mol. The van der Waals surface area contributed by atoms with Crippen molar-refractivity contribution >= 4 is 0 Å². The number of H-pyrrole nitrogens is 1. The molecular weight excluding hydrogens is 183 g/mol. The van der Waals surface area contributed by atoms with E-state index in [0.717, 1.165) is 5.56 Å². The molecule has 14 heavy (non-hydrogen) atoms. The van der Waals surface area contributed by atoms with E-state index in [1.54, 1.807) is 12.1 Å². The third-order valence-corrected chi connectivity index (χ3v) is 1.99. The number of aromatic amines is 1. The molecule has 2 rings (SSSR count). The highest BCUT2D eigenvalue weighted by molar-refractivity contribution is 5.61. The Morgan fingerprint density at radius 2 is 2.00 bits per heavy atom. The van der Waals surface area contributed by atoms with E-state index < -0.39 is 0 Å². The van der Waals surface area contributed by atoms with Gasteiger partial charge in [-0.15, -0.1) is 0 Å². The van der Waals surface area contributed by atoms with Crippen LogP contribution in [0.5, 0.6) is 0 Å². The summed E-state index contributed by atoms with van der Waals surface area (Å²) in [7, 11) is 0. The van der Waals surface area contributed by atoms with Crippen LogP contribution in [0.2, 0.25) is 0 Å². The Hall–Kier alpha value is -1.68. The lowest BCUT2D eigenvalue weighted by atomic mass is 10.1. The minimum absolute atomic E-state index is 0.104. The van der Waals surface area contributed by atoms with Crippen LogP contribution in [0, 0.1) is 5.82 Å². The van der Waals surface area contributed by atoms with Crippen LogP contribution in [0.15, 0.2) is 30.6 Å². The molecule has 4 heteroatoms. The van der Waals surface area contributed by atoms with E-state index >= 15 is 0 Å². The Bertz CT molecular complexity index is 422. The Morgan fingerprint density at radius 3 is 2.64 bits per heavy atom. The maximum Gasteiger partial charge on any atom is 0.123 e. The molecule has 1 heterocycles. The summed E-state index contributed by atoms with van der Waals surface area (Å²) in [6.45, 7) is -0.104. The largest absolute Gasteiger partial charge is 0.390 e. The number of rotatable bonds is 2. The molecule has 0 saturated carbocycles. The number of halogens is 1. The minimum Gasteiger partial charge on any atom is -0.390 e. The summed E-state index contributed by atoms with van der Waals surface area (Å²) in [6.07, 6.45) is 1.50. The van der Waals surface area contributed by atoms with Crippen LogP contribution in [0.4, 0.5) is 4.39 Å². The fourth-order valence-electron chi connectivity index (χ4n) is 1.30. The maximum absolute atomic E-state index is 12.6. The topological polar surface area (TPSA) is 48.9 Å². The Morgan fingerprint density at radius 1 is 1.29 bits per heavy atom. The highest BCUT2D eigenvalue weighted by Crippen LogP contribution is 2.20. The van der Waals surface area contributed by atoms with Gasteiger partial charge in [-0.25, -0.2) is 9.37 Å². The lowest BCUT2D eigenvalue weighted by Gasteiger charge is -1.99. The molecule has 0 aliphatic carbocycles. The first-order chi connectivity index (χ1) is 6.81. The minimum atomic E-state index is -0.283. The van der Waals surface area contributed by atoms with Crippen LogP contribution in [0.3, 0.4) is 0 Å². The van der Waals surface area contributed by atoms with Crippen LogP contribution in [-0.4, -0.2) is 15.1 Å². The standard InChI is InChI=1S/C10H9FN2O/c11-8-3-1-7(2-4-8)10-9(5-14)12-6-13-10/h1-4,6,14H,5H2,(H,12,13). The summed E-state index contributed by atoms with van der Waals surface area (Å²) in [5.74, 6) is -0.283. The van der Waals surface area contributed by atoms with Crippen LogP contribution < -0.4 is 0 Å². The van der Waals surface area contributed by atoms with Crippen molar-refractivity contribution in [1.29, 1.82) is 0 Å². The van der Waals surface area contributed by atoms with Crippen molar-refractivity contribution in [2.75, 3.05) is 0 Å². The number of aromatic nitrogens is 2. The first kappa shape index (κ1) is 8.90. The van der Waals surface area contributed by atoms with Crippen LogP contribution in [0.1, 0.15) is 5.69 Å². The van der Waals surface area contributed by atoms with Gasteiger partial charge in [0.25, 0.3) is 0 Å². The van der Waals surface area contributed by atoms with Crippen molar-refractivity contribution in [2.24, 2.45) is 0 Å². The quantitative estimate of drug-likeness (QED) is 0.760. The smallest absolute Gasteiger partial charge is 0.123 e. The van der Waals surface area contributed by atoms with Gasteiger partial charge < -0.3 is 10.1 Å². The Labute approximate surface area is 80.2 Å². The molecule has 2 N–H and O–H groups in total. The molecule has 72 valence electrons. The third-order valence-electron chi connectivity index (χ3n) is 1.99. The number of hydrogen-bond acceptors (Lipinski definition) is 2. The third kappa shape index (κ3) is 1.52. The molecular formula is C10H9FN2O. The molecule has 0 saturated heterocycles. The van der Waals surface area contributed by atoms with Gasteiger partial charge in [0.15, 0.2) is 0 Å². The molecule has 1 aromatic heterocycles. The lowest BCUT2D eigenvalue weighted by Crippen LogP contribution is -1.87. The first-order valence-corrected chi connectivity index (χ1v) is 4.20. The molecule has 0 aliphatic heterocycles. The second-order valence-corrected chi connectivity index (χ2v) is 2.89. The summed E-state index contributed by atoms with van der Waals surface area (Å²) >= 11 is 0. The average molecular weight is 192 g/mol. The van der Waals surface area contributed by atoms with E-state index in [-0.39, 0.29) is 12.4 Å². The van der Waals surface area contributed by atoms with E-state index in [4.69, 9.17) is 5.11 Å². The van der Waals surface area contributed by atoms with E-state index in [2.05, 4.69) is 9.97 Å². The number of hydrogen-bond donors (Lipinski definition) is 2. The number of benzene rings is 1. The fraction of sp³-hybridized carbons (Fsp3) is 0.100. The molecule has 0 unspecified atom stereocenters. The van der Waals surface area contributed by atoms with Gasteiger partial charge in [0.1, 0.15) is 5.82 Å². The molecule has 0 bridgehead atoms. The van der Waals surface area contributed by atoms with Crippen molar-refractivity contribution in [3.8, 4) is 11.3 Å². The molecule has 0 amide bonds. The summed E-state index contributed by atoms with van der Waals surface area (Å²) in [4.78, 5) is 6.86. The Balaban J connectivity index is 2.44. The van der Waals surface area contributed by atoms with Crippen molar-refractivity contribution in [3.63, 3.8) is 0 Å². The molecule has 0 atom stereocenters. The lowest BCUT2D eigenvalue weighted by molar-refractivity contribution is 0.278. The zero-order valence-electron chi connectivity index (χ0n) is 7.37. The van der Waals surface area contributed by atoms with Gasteiger partial charge in [-0.2, -0.15) is 0 Å². The van der Waals surface area contributed by atoms with Crippen LogP contribution >= 0.6 is 0 Å². The van der Waals surface area contributed by atoms with E-state index in [1.807, 2.05) is 0 Å². The summed E-state index contributed by atoms with van der Waals surface area (Å²) in [5, 5.41) is 8.98. The molecule has 1 aromatic carbocycles. The number of nitrogens with zero attached hydrogens (tertiary/aromatic N) is 1. The van der Waals surface area contributed by atoms with Gasteiger partial charge in [0.05, 0.1) is 24.3 Å². The van der Waals surface area contributed by atoms with E-state index in [1.165, 1.54) is 18.5 Å².